The summed E-state index contributed by atoms with van der Waals surface area (Å²) in [4.78, 5) is 22.0. The number of carboxylic acids is 1. The van der Waals surface area contributed by atoms with Gasteiger partial charge in [-0.25, -0.2) is 0 Å². The third-order valence-corrected chi connectivity index (χ3v) is 2.88. The molecule has 4 nitrogen and oxygen atoms in total. The van der Waals surface area contributed by atoms with Crippen molar-refractivity contribution < 1.29 is 14.7 Å². The Morgan fingerprint density at radius 1 is 1.50 bits per heavy atom. The fourth-order valence-corrected chi connectivity index (χ4v) is 1.69. The van der Waals surface area contributed by atoms with E-state index in [-0.39, 0.29) is 17.2 Å². The molecule has 0 aliphatic carbocycles. The number of hydrogen-bond acceptors (Lipinski definition) is 2. The molecule has 1 rings (SSSR count). The molecule has 1 saturated heterocycles. The van der Waals surface area contributed by atoms with Crippen LogP contribution >= 0.6 is 0 Å². The number of hydrogen-bond donors (Lipinski definition) is 2. The van der Waals surface area contributed by atoms with Crippen LogP contribution in [0.5, 0.6) is 0 Å². The van der Waals surface area contributed by atoms with Crippen molar-refractivity contribution in [3.8, 4) is 0 Å². The lowest BCUT2D eigenvalue weighted by Crippen LogP contribution is -2.48. The smallest absolute Gasteiger partial charge is 0.316 e. The number of nitrogens with one attached hydrogen (secondary N) is 1. The molecule has 1 aliphatic rings. The van der Waals surface area contributed by atoms with Crippen LogP contribution in [-0.2, 0) is 9.59 Å². The van der Waals surface area contributed by atoms with Gasteiger partial charge in [-0.15, -0.1) is 0 Å². The maximum atomic E-state index is 11.2. The zero-order valence-corrected chi connectivity index (χ0v) is 8.83. The number of amides is 1. The van der Waals surface area contributed by atoms with Gasteiger partial charge in [0.15, 0.2) is 0 Å². The van der Waals surface area contributed by atoms with E-state index in [9.17, 15) is 9.59 Å². The first kappa shape index (κ1) is 11.0. The third-order valence-electron chi connectivity index (χ3n) is 2.88. The van der Waals surface area contributed by atoms with Gasteiger partial charge in [0.1, 0.15) is 5.92 Å². The van der Waals surface area contributed by atoms with E-state index in [1.807, 2.05) is 0 Å². The largest absolute Gasteiger partial charge is 0.481 e. The van der Waals surface area contributed by atoms with Crippen molar-refractivity contribution >= 4 is 11.9 Å². The molecule has 0 unspecified atom stereocenters. The predicted molar refractivity (Wildman–Crippen MR) is 51.7 cm³/mol. The Balaban J connectivity index is 2.72. The summed E-state index contributed by atoms with van der Waals surface area (Å²) in [6.07, 6.45) is 0.449. The van der Waals surface area contributed by atoms with Crippen LogP contribution in [0.25, 0.3) is 0 Å². The Morgan fingerprint density at radius 2 is 2.07 bits per heavy atom. The topological polar surface area (TPSA) is 66.4 Å². The Hall–Kier alpha value is -1.06. The van der Waals surface area contributed by atoms with Crippen molar-refractivity contribution in [2.75, 3.05) is 6.54 Å². The normalized spacial score (nSPS) is 28.4. The summed E-state index contributed by atoms with van der Waals surface area (Å²) in [6, 6.07) is 0. The number of carbonyl (C=O) groups excluding carboxylic acids is 1. The fourth-order valence-electron chi connectivity index (χ4n) is 1.69. The second kappa shape index (κ2) is 3.59. The second-order valence-electron chi connectivity index (χ2n) is 4.93. The number of aliphatic carboxylic acids is 1. The lowest BCUT2D eigenvalue weighted by Gasteiger charge is -2.36. The number of rotatable bonds is 1. The molecule has 1 amide bonds. The van der Waals surface area contributed by atoms with Gasteiger partial charge in [0.25, 0.3) is 0 Å². The average Bonchev–Trinajstić information content (AvgIpc) is 2.02. The van der Waals surface area contributed by atoms with E-state index >= 15 is 0 Å². The lowest BCUT2D eigenvalue weighted by atomic mass is 9.74. The first-order valence-corrected chi connectivity index (χ1v) is 4.83. The standard InChI is InChI=1S/C10H17NO3/c1-10(2,3)6-4-7(9(13)14)8(12)11-5-6/h6-7H,4-5H2,1-3H3,(H,11,12)(H,13,14)/t6-,7+/m1/s1. The van der Waals surface area contributed by atoms with Gasteiger partial charge in [-0.05, 0) is 17.8 Å². The highest BCUT2D eigenvalue weighted by atomic mass is 16.4. The van der Waals surface area contributed by atoms with Gasteiger partial charge in [-0.1, -0.05) is 20.8 Å². The zero-order valence-electron chi connectivity index (χ0n) is 8.83. The van der Waals surface area contributed by atoms with Crippen molar-refractivity contribution in [3.63, 3.8) is 0 Å². The summed E-state index contributed by atoms with van der Waals surface area (Å²) in [7, 11) is 0. The summed E-state index contributed by atoms with van der Waals surface area (Å²) in [5.74, 6) is -2.00. The predicted octanol–water partition coefficient (Wildman–Crippen LogP) is 0.869. The van der Waals surface area contributed by atoms with E-state index < -0.39 is 11.9 Å². The fraction of sp³-hybridized carbons (Fsp3) is 0.800. The van der Waals surface area contributed by atoms with E-state index in [0.29, 0.717) is 13.0 Å². The van der Waals surface area contributed by atoms with Gasteiger partial charge in [0.05, 0.1) is 0 Å². The molecule has 2 N–H and O–H groups in total. The highest BCUT2D eigenvalue weighted by molar-refractivity contribution is 5.97. The van der Waals surface area contributed by atoms with Gasteiger partial charge >= 0.3 is 5.97 Å². The van der Waals surface area contributed by atoms with E-state index in [1.54, 1.807) is 0 Å². The zero-order chi connectivity index (χ0) is 10.9. The summed E-state index contributed by atoms with van der Waals surface area (Å²) >= 11 is 0. The molecule has 0 aromatic carbocycles. The molecule has 1 aliphatic heterocycles. The van der Waals surface area contributed by atoms with E-state index in [4.69, 9.17) is 5.11 Å². The second-order valence-corrected chi connectivity index (χ2v) is 4.93. The van der Waals surface area contributed by atoms with Crippen molar-refractivity contribution in [2.45, 2.75) is 27.2 Å². The average molecular weight is 199 g/mol. The summed E-state index contributed by atoms with van der Waals surface area (Å²) in [5, 5.41) is 11.5. The van der Waals surface area contributed by atoms with Crippen molar-refractivity contribution in [2.24, 2.45) is 17.3 Å². The number of piperidine rings is 1. The van der Waals surface area contributed by atoms with E-state index in [1.165, 1.54) is 0 Å². The first-order chi connectivity index (χ1) is 6.32. The third kappa shape index (κ3) is 2.25. The molecule has 1 fully saturated rings. The maximum Gasteiger partial charge on any atom is 0.316 e. The van der Waals surface area contributed by atoms with Crippen LogP contribution in [0.1, 0.15) is 27.2 Å². The molecular weight excluding hydrogens is 182 g/mol. The van der Waals surface area contributed by atoms with Crippen LogP contribution in [0.2, 0.25) is 0 Å². The molecule has 1 heterocycles. The first-order valence-electron chi connectivity index (χ1n) is 4.83. The molecule has 80 valence electrons. The Kier molecular flexibility index (Phi) is 2.83. The van der Waals surface area contributed by atoms with Gasteiger partial charge < -0.3 is 10.4 Å². The summed E-state index contributed by atoms with van der Waals surface area (Å²) in [5.41, 5.74) is 0.0431. The maximum absolute atomic E-state index is 11.2. The van der Waals surface area contributed by atoms with Gasteiger partial charge in [-0.3, -0.25) is 9.59 Å². The quantitative estimate of drug-likeness (QED) is 0.616. The molecule has 0 aromatic rings. The molecule has 0 saturated carbocycles. The monoisotopic (exact) mass is 199 g/mol. The Morgan fingerprint density at radius 3 is 2.50 bits per heavy atom. The van der Waals surface area contributed by atoms with E-state index in [2.05, 4.69) is 26.1 Å². The van der Waals surface area contributed by atoms with Crippen LogP contribution in [0, 0.1) is 17.3 Å². The van der Waals surface area contributed by atoms with Crippen molar-refractivity contribution in [1.82, 2.24) is 5.32 Å². The molecular formula is C10H17NO3. The minimum atomic E-state index is -1.02. The highest BCUT2D eigenvalue weighted by Crippen LogP contribution is 2.33. The molecule has 4 heteroatoms. The Labute approximate surface area is 83.7 Å². The molecule has 2 atom stereocenters. The lowest BCUT2D eigenvalue weighted by molar-refractivity contribution is -0.149. The molecule has 0 aromatic heterocycles. The van der Waals surface area contributed by atoms with Crippen LogP contribution in [0.4, 0.5) is 0 Å². The van der Waals surface area contributed by atoms with Crippen molar-refractivity contribution in [1.29, 1.82) is 0 Å². The van der Waals surface area contributed by atoms with Gasteiger partial charge in [0.2, 0.25) is 5.91 Å². The van der Waals surface area contributed by atoms with Crippen LogP contribution < -0.4 is 5.32 Å². The van der Waals surface area contributed by atoms with Gasteiger partial charge in [0, 0.05) is 6.54 Å². The minimum Gasteiger partial charge on any atom is -0.481 e. The van der Waals surface area contributed by atoms with E-state index in [0.717, 1.165) is 0 Å². The summed E-state index contributed by atoms with van der Waals surface area (Å²) in [6.45, 7) is 6.78. The highest BCUT2D eigenvalue weighted by Gasteiger charge is 2.38. The number of carboxylic acid groups (broad SMARTS) is 1. The molecule has 0 radical (unpaired) electrons. The van der Waals surface area contributed by atoms with Gasteiger partial charge in [-0.2, -0.15) is 0 Å². The molecule has 14 heavy (non-hydrogen) atoms. The van der Waals surface area contributed by atoms with Crippen LogP contribution in [-0.4, -0.2) is 23.5 Å². The number of carbonyl (C=O) groups is 2. The van der Waals surface area contributed by atoms with Crippen LogP contribution in [0.15, 0.2) is 0 Å². The van der Waals surface area contributed by atoms with Crippen LogP contribution in [0.3, 0.4) is 0 Å². The Bertz CT molecular complexity index is 255. The summed E-state index contributed by atoms with van der Waals surface area (Å²) < 4.78 is 0. The van der Waals surface area contributed by atoms with Crippen molar-refractivity contribution in [3.05, 3.63) is 0 Å². The minimum absolute atomic E-state index is 0.0431. The molecule has 0 spiro atoms. The molecule has 0 bridgehead atoms. The SMILES string of the molecule is CC(C)(C)[C@H]1CNC(=O)[C@@H](C(=O)O)C1.